The number of rotatable bonds is 5. The first-order valence-corrected chi connectivity index (χ1v) is 6.96. The zero-order chi connectivity index (χ0) is 15.6. The van der Waals surface area contributed by atoms with E-state index >= 15 is 0 Å². The Morgan fingerprint density at radius 3 is 2.52 bits per heavy atom. The van der Waals surface area contributed by atoms with Crippen molar-refractivity contribution in [3.63, 3.8) is 0 Å². The Balaban J connectivity index is 2.01. The number of nitro benzene ring substituents is 1. The number of nitrogens with one attached hydrogen (secondary N) is 1. The van der Waals surface area contributed by atoms with Gasteiger partial charge in [-0.05, 0) is 12.8 Å². The van der Waals surface area contributed by atoms with Gasteiger partial charge in [-0.2, -0.15) is 0 Å². The van der Waals surface area contributed by atoms with Gasteiger partial charge in [0.15, 0.2) is 0 Å². The highest BCUT2D eigenvalue weighted by Gasteiger charge is 2.29. The molecule has 0 spiro atoms. The molecule has 0 radical (unpaired) electrons. The summed E-state index contributed by atoms with van der Waals surface area (Å²) in [7, 11) is 0. The summed E-state index contributed by atoms with van der Waals surface area (Å²) < 4.78 is 5.45. The summed E-state index contributed by atoms with van der Waals surface area (Å²) in [6.07, 6.45) is 0.496. The predicted molar refractivity (Wildman–Crippen MR) is 78.7 cm³/mol. The van der Waals surface area contributed by atoms with Crippen LogP contribution in [0, 0.1) is 10.1 Å². The summed E-state index contributed by atoms with van der Waals surface area (Å²) >= 11 is 12.0. The molecule has 1 saturated heterocycles. The van der Waals surface area contributed by atoms with Crippen molar-refractivity contribution >= 4 is 40.5 Å². The third-order valence-electron chi connectivity index (χ3n) is 3.17. The third kappa shape index (κ3) is 3.75. The molecule has 2 unspecified atom stereocenters. The number of ether oxygens (including phenoxy) is 1. The van der Waals surface area contributed by atoms with Gasteiger partial charge in [0, 0.05) is 18.7 Å². The second-order valence-corrected chi connectivity index (χ2v) is 5.46. The Morgan fingerprint density at radius 2 is 2.05 bits per heavy atom. The van der Waals surface area contributed by atoms with Gasteiger partial charge in [-0.25, -0.2) is 0 Å². The summed E-state index contributed by atoms with van der Waals surface area (Å²) in [6.45, 7) is 0.376. The van der Waals surface area contributed by atoms with Crippen molar-refractivity contribution in [1.29, 1.82) is 0 Å². The Morgan fingerprint density at radius 1 is 1.43 bits per heavy atom. The first kappa shape index (κ1) is 15.8. The van der Waals surface area contributed by atoms with Crippen molar-refractivity contribution in [3.05, 3.63) is 32.3 Å². The average molecular weight is 334 g/mol. The lowest BCUT2D eigenvalue weighted by Crippen LogP contribution is -2.30. The van der Waals surface area contributed by atoms with Crippen LogP contribution in [0.4, 0.5) is 11.4 Å². The fourth-order valence-electron chi connectivity index (χ4n) is 2.12. The van der Waals surface area contributed by atoms with Gasteiger partial charge in [0.1, 0.15) is 6.10 Å². The van der Waals surface area contributed by atoms with E-state index in [9.17, 15) is 14.9 Å². The molecule has 1 amide bonds. The predicted octanol–water partition coefficient (Wildman–Crippen LogP) is 2.35. The first-order chi connectivity index (χ1) is 9.88. The van der Waals surface area contributed by atoms with Gasteiger partial charge in [0.2, 0.25) is 5.91 Å². The maximum atomic E-state index is 11.0. The molecule has 0 aliphatic carbocycles. The number of halogens is 2. The van der Waals surface area contributed by atoms with Crippen molar-refractivity contribution in [2.75, 3.05) is 11.9 Å². The Labute approximate surface area is 130 Å². The number of hydrogen-bond donors (Lipinski definition) is 2. The van der Waals surface area contributed by atoms with Gasteiger partial charge in [0.25, 0.3) is 5.69 Å². The minimum atomic E-state index is -0.570. The number of non-ortho nitro benzene ring substituents is 1. The maximum Gasteiger partial charge on any atom is 0.272 e. The quantitative estimate of drug-likeness (QED) is 0.635. The first-order valence-electron chi connectivity index (χ1n) is 6.20. The van der Waals surface area contributed by atoms with Gasteiger partial charge in [-0.3, -0.25) is 14.9 Å². The number of carbonyl (C=O) groups excluding carboxylic acids is 1. The van der Waals surface area contributed by atoms with Gasteiger partial charge < -0.3 is 15.8 Å². The lowest BCUT2D eigenvalue weighted by molar-refractivity contribution is -0.384. The molecule has 9 heteroatoms. The number of amides is 1. The standard InChI is InChI=1S/C12H13Cl2N3O4/c13-8-3-6(17(19)20)4-9(14)11(8)16-5-7-1-2-10(21-7)12(15)18/h3-4,7,10,16H,1-2,5H2,(H2,15,18). The van der Waals surface area contributed by atoms with E-state index in [-0.39, 0.29) is 21.8 Å². The number of nitro groups is 1. The number of nitrogens with two attached hydrogens (primary N) is 1. The van der Waals surface area contributed by atoms with Crippen LogP contribution in [-0.2, 0) is 9.53 Å². The molecular formula is C12H13Cl2N3O4. The highest BCUT2D eigenvalue weighted by atomic mass is 35.5. The van der Waals surface area contributed by atoms with Gasteiger partial charge in [0.05, 0.1) is 26.8 Å². The molecule has 7 nitrogen and oxygen atoms in total. The smallest absolute Gasteiger partial charge is 0.272 e. The number of nitrogens with zero attached hydrogens (tertiary/aromatic N) is 1. The van der Waals surface area contributed by atoms with Crippen molar-refractivity contribution < 1.29 is 14.5 Å². The minimum Gasteiger partial charge on any atom is -0.380 e. The molecule has 1 aliphatic rings. The summed E-state index contributed by atoms with van der Waals surface area (Å²) in [5, 5.41) is 14.0. The average Bonchev–Trinajstić information content (AvgIpc) is 2.86. The highest BCUT2D eigenvalue weighted by molar-refractivity contribution is 6.39. The van der Waals surface area contributed by atoms with Gasteiger partial charge in [-0.15, -0.1) is 0 Å². The molecule has 0 bridgehead atoms. The van der Waals surface area contributed by atoms with Crippen LogP contribution in [0.25, 0.3) is 0 Å². The summed E-state index contributed by atoms with van der Waals surface area (Å²) in [5.74, 6) is -0.482. The van der Waals surface area contributed by atoms with E-state index in [0.717, 1.165) is 0 Å². The van der Waals surface area contributed by atoms with E-state index in [2.05, 4.69) is 5.32 Å². The van der Waals surface area contributed by atoms with E-state index in [1.165, 1.54) is 12.1 Å². The molecule has 1 aliphatic heterocycles. The van der Waals surface area contributed by atoms with Crippen molar-refractivity contribution in [3.8, 4) is 0 Å². The van der Waals surface area contributed by atoms with E-state index in [4.69, 9.17) is 33.7 Å². The summed E-state index contributed by atoms with van der Waals surface area (Å²) in [4.78, 5) is 21.1. The van der Waals surface area contributed by atoms with Crippen LogP contribution in [0.3, 0.4) is 0 Å². The Bertz CT molecular complexity index is 559. The van der Waals surface area contributed by atoms with E-state index in [1.54, 1.807) is 0 Å². The molecule has 114 valence electrons. The van der Waals surface area contributed by atoms with Crippen molar-refractivity contribution in [2.45, 2.75) is 25.0 Å². The number of benzene rings is 1. The van der Waals surface area contributed by atoms with Crippen LogP contribution in [0.1, 0.15) is 12.8 Å². The van der Waals surface area contributed by atoms with Crippen LogP contribution < -0.4 is 11.1 Å². The lowest BCUT2D eigenvalue weighted by Gasteiger charge is -2.15. The maximum absolute atomic E-state index is 11.0. The van der Waals surface area contributed by atoms with Crippen LogP contribution in [0.15, 0.2) is 12.1 Å². The lowest BCUT2D eigenvalue weighted by atomic mass is 10.2. The molecule has 1 fully saturated rings. The zero-order valence-corrected chi connectivity index (χ0v) is 12.4. The Hall–Kier alpha value is -1.57. The molecule has 0 saturated carbocycles. The van der Waals surface area contributed by atoms with E-state index in [1.807, 2.05) is 0 Å². The monoisotopic (exact) mass is 333 g/mol. The van der Waals surface area contributed by atoms with Gasteiger partial charge in [-0.1, -0.05) is 23.2 Å². The highest BCUT2D eigenvalue weighted by Crippen LogP contribution is 2.35. The van der Waals surface area contributed by atoms with Crippen LogP contribution in [-0.4, -0.2) is 29.6 Å². The van der Waals surface area contributed by atoms with Crippen LogP contribution >= 0.6 is 23.2 Å². The molecule has 1 aromatic carbocycles. The van der Waals surface area contributed by atoms with Gasteiger partial charge >= 0.3 is 0 Å². The Kier molecular flexibility index (Phi) is 4.87. The van der Waals surface area contributed by atoms with Crippen molar-refractivity contribution in [2.24, 2.45) is 5.73 Å². The third-order valence-corrected chi connectivity index (χ3v) is 3.77. The molecule has 2 atom stereocenters. The molecular weight excluding hydrogens is 321 g/mol. The van der Waals surface area contributed by atoms with E-state index in [0.29, 0.717) is 25.1 Å². The minimum absolute atomic E-state index is 0.152. The molecule has 1 aromatic rings. The molecule has 3 N–H and O–H groups in total. The number of hydrogen-bond acceptors (Lipinski definition) is 5. The molecule has 21 heavy (non-hydrogen) atoms. The van der Waals surface area contributed by atoms with Crippen LogP contribution in [0.2, 0.25) is 10.0 Å². The SMILES string of the molecule is NC(=O)C1CCC(CNc2c(Cl)cc([N+](=O)[O-])cc2Cl)O1. The second kappa shape index (κ2) is 6.46. The largest absolute Gasteiger partial charge is 0.380 e. The number of primary amides is 1. The summed E-state index contributed by atoms with van der Waals surface area (Å²) in [6, 6.07) is 2.44. The molecule has 1 heterocycles. The second-order valence-electron chi connectivity index (χ2n) is 4.65. The molecule has 2 rings (SSSR count). The topological polar surface area (TPSA) is 107 Å². The molecule has 0 aromatic heterocycles. The van der Waals surface area contributed by atoms with Crippen molar-refractivity contribution in [1.82, 2.24) is 0 Å². The summed E-state index contributed by atoms with van der Waals surface area (Å²) in [5.41, 5.74) is 5.39. The number of carbonyl (C=O) groups is 1. The fraction of sp³-hybridized carbons (Fsp3) is 0.417. The van der Waals surface area contributed by atoms with Crippen LogP contribution in [0.5, 0.6) is 0 Å². The number of anilines is 1. The zero-order valence-electron chi connectivity index (χ0n) is 10.8. The fourth-order valence-corrected chi connectivity index (χ4v) is 2.72. The van der Waals surface area contributed by atoms with E-state index < -0.39 is 16.9 Å². The normalized spacial score (nSPS) is 21.2.